The van der Waals surface area contributed by atoms with Gasteiger partial charge in [-0.05, 0) is 96.3 Å². The Morgan fingerprint density at radius 3 is 0.946 bits per heavy atom. The second-order valence-corrected chi connectivity index (χ2v) is 22.3. The van der Waals surface area contributed by atoms with Crippen molar-refractivity contribution in [1.29, 1.82) is 0 Å². The Bertz CT molecular complexity index is 1380. The Labute approximate surface area is 454 Å². The number of ether oxygens (including phenoxy) is 3. The molecule has 434 valence electrons. The number of rotatable bonds is 58. The van der Waals surface area contributed by atoms with Gasteiger partial charge >= 0.3 is 25.7 Å². The summed E-state index contributed by atoms with van der Waals surface area (Å²) in [6.45, 7) is 4.65. The lowest BCUT2D eigenvalue weighted by Crippen LogP contribution is -2.30. The van der Waals surface area contributed by atoms with Gasteiger partial charge in [0, 0.05) is 19.3 Å². The predicted octanol–water partition coefficient (Wildman–Crippen LogP) is 18.4. The summed E-state index contributed by atoms with van der Waals surface area (Å²) in [5, 5.41) is 9.83. The fourth-order valence-electron chi connectivity index (χ4n) is 8.75. The minimum absolute atomic E-state index is 0.164. The van der Waals surface area contributed by atoms with Crippen LogP contribution in [0.3, 0.4) is 0 Å². The average molecular weight is 1070 g/mol. The minimum Gasteiger partial charge on any atom is -0.462 e. The number of hydrogen-bond donors (Lipinski definition) is 2. The highest BCUT2D eigenvalue weighted by atomic mass is 31.2. The maximum atomic E-state index is 12.9. The van der Waals surface area contributed by atoms with Crippen LogP contribution < -0.4 is 0 Å². The molecule has 0 heterocycles. The smallest absolute Gasteiger partial charge is 0.462 e. The van der Waals surface area contributed by atoms with Gasteiger partial charge in [-0.3, -0.25) is 23.4 Å². The Morgan fingerprint density at radius 1 is 0.365 bits per heavy atom. The largest absolute Gasteiger partial charge is 0.472 e. The average Bonchev–Trinajstić information content (AvgIpc) is 3.39. The van der Waals surface area contributed by atoms with Gasteiger partial charge in [-0.2, -0.15) is 0 Å². The molecule has 0 aromatic heterocycles. The monoisotopic (exact) mass is 1070 g/mol. The van der Waals surface area contributed by atoms with Gasteiger partial charge in [-0.15, -0.1) is 0 Å². The van der Waals surface area contributed by atoms with Crippen molar-refractivity contribution in [1.82, 2.24) is 0 Å². The molecule has 3 unspecified atom stereocenters. The van der Waals surface area contributed by atoms with Crippen molar-refractivity contribution in [2.75, 3.05) is 26.4 Å². The molecule has 74 heavy (non-hydrogen) atoms. The number of esters is 3. The molecule has 0 aromatic rings. The number of carbonyl (C=O) groups excluding carboxylic acids is 3. The zero-order valence-corrected chi connectivity index (χ0v) is 49.0. The molecule has 0 aliphatic rings. The van der Waals surface area contributed by atoms with E-state index in [9.17, 15) is 28.9 Å². The van der Waals surface area contributed by atoms with Crippen LogP contribution in [0.1, 0.15) is 303 Å². The van der Waals surface area contributed by atoms with Crippen molar-refractivity contribution in [3.63, 3.8) is 0 Å². The van der Waals surface area contributed by atoms with E-state index >= 15 is 0 Å². The number of unbranched alkanes of at least 4 members (excludes halogenated alkanes) is 35. The fourth-order valence-corrected chi connectivity index (χ4v) is 9.54. The van der Waals surface area contributed by atoms with Crippen LogP contribution in [0.15, 0.2) is 36.5 Å². The maximum absolute atomic E-state index is 12.9. The van der Waals surface area contributed by atoms with Crippen LogP contribution in [0, 0.1) is 0 Å². The molecular formula is C62H115O11P. The van der Waals surface area contributed by atoms with Gasteiger partial charge in [-0.25, -0.2) is 4.57 Å². The number of phosphoric ester groups is 1. The summed E-state index contributed by atoms with van der Waals surface area (Å²) >= 11 is 0. The molecule has 2 N–H and O–H groups in total. The molecule has 0 radical (unpaired) electrons. The molecule has 12 heteroatoms. The van der Waals surface area contributed by atoms with Crippen LogP contribution in [0.5, 0.6) is 0 Å². The molecule has 3 atom stereocenters. The summed E-state index contributed by atoms with van der Waals surface area (Å²) in [7, 11) is -4.75. The van der Waals surface area contributed by atoms with E-state index in [2.05, 4.69) is 57.2 Å². The van der Waals surface area contributed by atoms with E-state index < -0.39 is 57.8 Å². The molecule has 0 spiro atoms. The van der Waals surface area contributed by atoms with Crippen molar-refractivity contribution < 1.29 is 52.2 Å². The first-order valence-corrected chi connectivity index (χ1v) is 32.4. The quantitative estimate of drug-likeness (QED) is 0.0197. The minimum atomic E-state index is -4.75. The topological polar surface area (TPSA) is 155 Å². The number of carbonyl (C=O) groups is 3. The Balaban J connectivity index is 4.67. The van der Waals surface area contributed by atoms with E-state index in [0.717, 1.165) is 89.9 Å². The van der Waals surface area contributed by atoms with Crippen LogP contribution in [-0.4, -0.2) is 66.5 Å². The van der Waals surface area contributed by atoms with Crippen molar-refractivity contribution in [2.24, 2.45) is 0 Å². The molecule has 0 aliphatic carbocycles. The third-order valence-corrected chi connectivity index (χ3v) is 14.5. The van der Waals surface area contributed by atoms with Gasteiger partial charge in [0.25, 0.3) is 0 Å². The molecule has 0 bridgehead atoms. The molecule has 0 rings (SSSR count). The summed E-state index contributed by atoms with van der Waals surface area (Å²) < 4.78 is 39.6. The third kappa shape index (κ3) is 54.5. The van der Waals surface area contributed by atoms with Gasteiger partial charge in [0.2, 0.25) is 0 Å². The highest BCUT2D eigenvalue weighted by molar-refractivity contribution is 7.47. The maximum Gasteiger partial charge on any atom is 0.472 e. The van der Waals surface area contributed by atoms with E-state index in [4.69, 9.17) is 23.3 Å². The Hall–Kier alpha value is -2.30. The molecule has 0 aliphatic heterocycles. The highest BCUT2D eigenvalue weighted by Gasteiger charge is 2.28. The van der Waals surface area contributed by atoms with Crippen LogP contribution in [0.4, 0.5) is 0 Å². The number of allylic oxidation sites excluding steroid dienone is 6. The third-order valence-electron chi connectivity index (χ3n) is 13.5. The lowest BCUT2D eigenvalue weighted by atomic mass is 10.1. The van der Waals surface area contributed by atoms with E-state index in [1.807, 2.05) is 0 Å². The lowest BCUT2D eigenvalue weighted by molar-refractivity contribution is -0.161. The summed E-state index contributed by atoms with van der Waals surface area (Å²) in [4.78, 5) is 48.6. The zero-order chi connectivity index (χ0) is 54.1. The standard InChI is InChI=1S/C62H115O11P/c1-4-7-10-13-16-19-22-25-27-29-31-34-37-40-43-46-49-52-61(65)72-58(54-63)56-70-74(67,68)71-57-59(55-69-60(64)51-48-45-42-39-36-33-24-21-18-15-12-9-6-3)73-62(66)53-50-47-44-41-38-35-32-30-28-26-23-20-17-14-11-8-5-2/h21,24-28,58-59,63H,4-20,22-23,29-57H2,1-3H3,(H,67,68)/b24-21-,27-25-,28-26-. The second-order valence-electron chi connectivity index (χ2n) is 20.9. The first-order chi connectivity index (χ1) is 36.2. The van der Waals surface area contributed by atoms with Gasteiger partial charge in [0.1, 0.15) is 12.7 Å². The Morgan fingerprint density at radius 2 is 0.622 bits per heavy atom. The normalized spacial score (nSPS) is 13.5. The number of aliphatic hydroxyl groups is 1. The van der Waals surface area contributed by atoms with Crippen LogP contribution in [0.2, 0.25) is 0 Å². The van der Waals surface area contributed by atoms with Gasteiger partial charge in [0.05, 0.1) is 19.8 Å². The first kappa shape index (κ1) is 71.7. The fraction of sp³-hybridized carbons (Fsp3) is 0.855. The van der Waals surface area contributed by atoms with Crippen molar-refractivity contribution in [3.05, 3.63) is 36.5 Å². The second kappa shape index (κ2) is 56.9. The van der Waals surface area contributed by atoms with Crippen molar-refractivity contribution in [3.8, 4) is 0 Å². The first-order valence-electron chi connectivity index (χ1n) is 30.9. The molecule has 0 fully saturated rings. The number of aliphatic hydroxyl groups excluding tert-OH is 1. The van der Waals surface area contributed by atoms with Crippen molar-refractivity contribution in [2.45, 2.75) is 315 Å². The Kier molecular flexibility index (Phi) is 55.1. The van der Waals surface area contributed by atoms with Crippen LogP contribution in [0.25, 0.3) is 0 Å². The summed E-state index contributed by atoms with van der Waals surface area (Å²) in [6.07, 6.45) is 59.5. The van der Waals surface area contributed by atoms with Crippen molar-refractivity contribution >= 4 is 25.7 Å². The molecular weight excluding hydrogens is 952 g/mol. The summed E-state index contributed by atoms with van der Waals surface area (Å²) in [5.41, 5.74) is 0. The number of phosphoric acid groups is 1. The van der Waals surface area contributed by atoms with Crippen LogP contribution in [-0.2, 0) is 42.2 Å². The highest BCUT2D eigenvalue weighted by Crippen LogP contribution is 2.43. The molecule has 0 amide bonds. The van der Waals surface area contributed by atoms with Gasteiger partial charge < -0.3 is 24.2 Å². The summed E-state index contributed by atoms with van der Waals surface area (Å²) in [6, 6.07) is 0. The summed E-state index contributed by atoms with van der Waals surface area (Å²) in [5.74, 6) is -1.46. The van der Waals surface area contributed by atoms with E-state index in [1.54, 1.807) is 0 Å². The molecule has 11 nitrogen and oxygen atoms in total. The van der Waals surface area contributed by atoms with Crippen LogP contribution >= 0.6 is 7.82 Å². The molecule has 0 saturated heterocycles. The SMILES string of the molecule is CCCCCC/C=C\CCCCCCCC(=O)OCC(COP(=O)(O)OCC(CO)OC(=O)CCCCCCCCC/C=C\CCCCCCCC)OC(=O)CCCCCCCCC/C=C\CCCCCCCC. The number of hydrogen-bond acceptors (Lipinski definition) is 10. The molecule has 0 aromatic carbocycles. The van der Waals surface area contributed by atoms with Gasteiger partial charge in [0.15, 0.2) is 6.10 Å². The lowest BCUT2D eigenvalue weighted by Gasteiger charge is -2.21. The zero-order valence-electron chi connectivity index (χ0n) is 48.1. The molecule has 0 saturated carbocycles. The van der Waals surface area contributed by atoms with Gasteiger partial charge in [-0.1, -0.05) is 224 Å². The van der Waals surface area contributed by atoms with E-state index in [0.29, 0.717) is 19.3 Å². The predicted molar refractivity (Wildman–Crippen MR) is 307 cm³/mol. The van der Waals surface area contributed by atoms with E-state index in [-0.39, 0.29) is 25.9 Å². The van der Waals surface area contributed by atoms with E-state index in [1.165, 1.54) is 154 Å².